The Hall–Kier alpha value is -8.24. The van der Waals surface area contributed by atoms with Crippen molar-refractivity contribution >= 4 is 0 Å². The van der Waals surface area contributed by atoms with E-state index in [1.54, 1.807) is 14.2 Å². The summed E-state index contributed by atoms with van der Waals surface area (Å²) in [5, 5.41) is 0. The normalized spacial score (nSPS) is 19.8. The first-order chi connectivity index (χ1) is 49.1. The maximum atomic E-state index is 6.94. The Balaban J connectivity index is 0.000000250. The summed E-state index contributed by atoms with van der Waals surface area (Å²) in [5.41, 5.74) is 10.8. The third kappa shape index (κ3) is 26.4. The summed E-state index contributed by atoms with van der Waals surface area (Å²) in [6, 6.07) is 102. The zero-order chi connectivity index (χ0) is 69.8. The lowest BCUT2D eigenvalue weighted by Crippen LogP contribution is -2.58. The van der Waals surface area contributed by atoms with E-state index in [-0.39, 0.29) is 0 Å². The van der Waals surface area contributed by atoms with Gasteiger partial charge in [-0.15, -0.1) is 0 Å². The summed E-state index contributed by atoms with van der Waals surface area (Å²) in [4.78, 5) is 0. The van der Waals surface area contributed by atoms with E-state index in [0.29, 0.717) is 66.1 Å². The fourth-order valence-electron chi connectivity index (χ4n) is 11.4. The molecule has 10 atom stereocenters. The number of methoxy groups -OCH3 is 1. The van der Waals surface area contributed by atoms with Gasteiger partial charge in [-0.05, 0) is 55.6 Å². The Labute approximate surface area is 590 Å². The second kappa shape index (κ2) is 46.9. The molecule has 522 valence electrons. The number of hydrogen-bond donors (Lipinski definition) is 0. The summed E-state index contributed by atoms with van der Waals surface area (Å²) < 4.78 is 71.4. The maximum absolute atomic E-state index is 6.94. The van der Waals surface area contributed by atoms with Crippen molar-refractivity contribution in [1.29, 1.82) is 0 Å². The Morgan fingerprint density at radius 1 is 0.222 bits per heavy atom. The minimum absolute atomic E-state index is 0.342. The summed E-state index contributed by atoms with van der Waals surface area (Å²) in [5.74, 6) is 0. The molecule has 99 heavy (non-hydrogen) atoms. The van der Waals surface area contributed by atoms with E-state index in [0.717, 1.165) is 55.6 Å². The van der Waals surface area contributed by atoms with Gasteiger partial charge < -0.3 is 52.1 Å². The van der Waals surface area contributed by atoms with Crippen molar-refractivity contribution in [1.82, 2.24) is 0 Å². The van der Waals surface area contributed by atoms with Crippen LogP contribution in [0.4, 0.5) is 0 Å². The number of hydrogen-bond acceptors (Lipinski definition) is 11. The Morgan fingerprint density at radius 2 is 0.394 bits per heavy atom. The molecule has 12 rings (SSSR count). The third-order valence-corrected chi connectivity index (χ3v) is 16.0. The molecule has 0 radical (unpaired) electrons. The maximum Gasteiger partial charge on any atom is 0.117 e. The van der Waals surface area contributed by atoms with Crippen LogP contribution in [-0.2, 0) is 105 Å². The topological polar surface area (TPSA) is 102 Å². The highest BCUT2D eigenvalue weighted by Crippen LogP contribution is 2.41. The molecule has 2 saturated heterocycles. The SMILES string of the molecule is CC.CC.CC.COC.c1ccc(COC[C@H]2O[C@@H](c3ccccc3)[C@H](OCc3ccccc3)[C@@H](OCc3ccccc3)[C@@H]2OCc2ccccc2)cc1.c1ccc(COC[C@H]2O[C@@H](c3ccccc3)[C@H](OCc3ccccc3)[C@@H](OCc3ccccc3)[C@@H]2OCc2ccccc2)cc1. The number of ether oxygens (including phenoxy) is 11. The van der Waals surface area contributed by atoms with Crippen molar-refractivity contribution in [3.63, 3.8) is 0 Å². The molecule has 0 spiro atoms. The molecule has 0 amide bonds. The standard InChI is InChI=1S/2C40H40O5.C2H6O.3C2H6/c2*1-6-16-31(17-7-1)26-41-30-36-38(42-27-32-18-8-2-9-19-32)40(44-29-34-22-12-4-13-23-34)39(43-28-33-20-10-3-11-21-33)37(45-36)35-24-14-5-15-25-35;1-3-2;3*1-2/h2*1-25,36-40H,26-30H2;1-2H3;3*1-2H3/t2*36-,37+,38-,39+,40+;;;;/m11..../s1. The van der Waals surface area contributed by atoms with Gasteiger partial charge >= 0.3 is 0 Å². The first kappa shape index (κ1) is 78.1. The predicted octanol–water partition coefficient (Wildman–Crippen LogP) is 19.5. The van der Waals surface area contributed by atoms with Gasteiger partial charge in [0.05, 0.1) is 66.1 Å². The van der Waals surface area contributed by atoms with Crippen LogP contribution in [0.1, 0.15) is 109 Å². The molecule has 0 saturated carbocycles. The molecule has 2 aliphatic heterocycles. The molecule has 0 N–H and O–H groups in total. The van der Waals surface area contributed by atoms with E-state index in [1.165, 1.54) is 0 Å². The van der Waals surface area contributed by atoms with Gasteiger partial charge in [0.2, 0.25) is 0 Å². The van der Waals surface area contributed by atoms with Crippen molar-refractivity contribution in [3.8, 4) is 0 Å². The number of benzene rings is 10. The lowest BCUT2D eigenvalue weighted by atomic mass is 9.90. The largest absolute Gasteiger partial charge is 0.388 e. The van der Waals surface area contributed by atoms with Gasteiger partial charge in [0.1, 0.15) is 61.0 Å². The van der Waals surface area contributed by atoms with Gasteiger partial charge in [-0.25, -0.2) is 0 Å². The monoisotopic (exact) mass is 1340 g/mol. The molecule has 10 aromatic carbocycles. The number of rotatable bonds is 28. The van der Waals surface area contributed by atoms with Crippen molar-refractivity contribution in [3.05, 3.63) is 359 Å². The fraction of sp³-hybridized carbons (Fsp3) is 0.318. The molecule has 2 heterocycles. The lowest BCUT2D eigenvalue weighted by Gasteiger charge is -2.46. The highest BCUT2D eigenvalue weighted by atomic mass is 16.6. The van der Waals surface area contributed by atoms with Crippen molar-refractivity contribution in [2.75, 3.05) is 27.4 Å². The Morgan fingerprint density at radius 3 is 0.606 bits per heavy atom. The van der Waals surface area contributed by atoms with Crippen molar-refractivity contribution in [2.24, 2.45) is 0 Å². The van der Waals surface area contributed by atoms with Crippen LogP contribution in [-0.4, -0.2) is 76.3 Å². The summed E-state index contributed by atoms with van der Waals surface area (Å²) in [7, 11) is 3.25. The molecule has 2 fully saturated rings. The minimum atomic E-state index is -0.453. The van der Waals surface area contributed by atoms with Crippen LogP contribution in [0.25, 0.3) is 0 Å². The van der Waals surface area contributed by atoms with Crippen molar-refractivity contribution in [2.45, 2.75) is 155 Å². The molecular formula is C88H104O11. The van der Waals surface area contributed by atoms with Gasteiger partial charge in [0.15, 0.2) is 0 Å². The van der Waals surface area contributed by atoms with Crippen LogP contribution in [0, 0.1) is 0 Å². The van der Waals surface area contributed by atoms with E-state index in [2.05, 4.69) is 126 Å². The molecule has 2 aliphatic rings. The van der Waals surface area contributed by atoms with Crippen molar-refractivity contribution < 1.29 is 52.1 Å². The van der Waals surface area contributed by atoms with Gasteiger partial charge in [-0.1, -0.05) is 345 Å². The molecule has 10 aromatic rings. The smallest absolute Gasteiger partial charge is 0.117 e. The van der Waals surface area contributed by atoms with Crippen LogP contribution >= 0.6 is 0 Å². The van der Waals surface area contributed by atoms with E-state index in [4.69, 9.17) is 47.4 Å². The molecule has 0 aromatic heterocycles. The quantitative estimate of drug-likeness (QED) is 0.0468. The fourth-order valence-corrected chi connectivity index (χ4v) is 11.4. The molecule has 0 unspecified atom stereocenters. The zero-order valence-electron chi connectivity index (χ0n) is 59.2. The molecule has 11 nitrogen and oxygen atoms in total. The minimum Gasteiger partial charge on any atom is -0.388 e. The first-order valence-electron chi connectivity index (χ1n) is 35.1. The van der Waals surface area contributed by atoms with Gasteiger partial charge in [0, 0.05) is 14.2 Å². The highest BCUT2D eigenvalue weighted by molar-refractivity contribution is 5.25. The average molecular weight is 1340 g/mol. The predicted molar refractivity (Wildman–Crippen MR) is 397 cm³/mol. The van der Waals surface area contributed by atoms with E-state index >= 15 is 0 Å². The van der Waals surface area contributed by atoms with E-state index < -0.39 is 61.0 Å². The zero-order valence-corrected chi connectivity index (χ0v) is 59.2. The van der Waals surface area contributed by atoms with Crippen LogP contribution in [0.3, 0.4) is 0 Å². The van der Waals surface area contributed by atoms with Gasteiger partial charge in [-0.3, -0.25) is 0 Å². The van der Waals surface area contributed by atoms with Crippen LogP contribution < -0.4 is 0 Å². The molecule has 0 bridgehead atoms. The summed E-state index contributed by atoms with van der Waals surface area (Å²) in [6.45, 7) is 16.1. The Bertz CT molecular complexity index is 3290. The van der Waals surface area contributed by atoms with Gasteiger partial charge in [-0.2, -0.15) is 0 Å². The van der Waals surface area contributed by atoms with E-state index in [9.17, 15) is 0 Å². The Kier molecular flexibility index (Phi) is 37.0. The van der Waals surface area contributed by atoms with Crippen LogP contribution in [0.5, 0.6) is 0 Å². The molecule has 0 aliphatic carbocycles. The van der Waals surface area contributed by atoms with Crippen LogP contribution in [0.2, 0.25) is 0 Å². The average Bonchev–Trinajstić information content (AvgIpc) is 0.785. The van der Waals surface area contributed by atoms with Crippen LogP contribution in [0.15, 0.2) is 303 Å². The summed E-state index contributed by atoms with van der Waals surface area (Å²) >= 11 is 0. The lowest BCUT2D eigenvalue weighted by molar-refractivity contribution is -0.275. The van der Waals surface area contributed by atoms with E-state index in [1.807, 2.05) is 224 Å². The molecule has 11 heteroatoms. The second-order valence-electron chi connectivity index (χ2n) is 23.0. The first-order valence-corrected chi connectivity index (χ1v) is 35.1. The molecular weight excluding hydrogens is 1230 g/mol. The highest BCUT2D eigenvalue weighted by Gasteiger charge is 2.50. The summed E-state index contributed by atoms with van der Waals surface area (Å²) in [6.07, 6.45) is -4.26. The second-order valence-corrected chi connectivity index (χ2v) is 23.0. The third-order valence-electron chi connectivity index (χ3n) is 16.0. The van der Waals surface area contributed by atoms with Gasteiger partial charge in [0.25, 0.3) is 0 Å².